The van der Waals surface area contributed by atoms with Crippen LogP contribution in [-0.2, 0) is 19.1 Å². The van der Waals surface area contributed by atoms with Gasteiger partial charge in [-0.1, -0.05) is 19.1 Å². The van der Waals surface area contributed by atoms with Crippen molar-refractivity contribution in [3.63, 3.8) is 0 Å². The van der Waals surface area contributed by atoms with Crippen LogP contribution in [-0.4, -0.2) is 34.9 Å². The highest BCUT2D eigenvalue weighted by atomic mass is 16.5. The number of carbonyl (C=O) groups is 3. The van der Waals surface area contributed by atoms with E-state index in [0.717, 1.165) is 31.1 Å². The highest BCUT2D eigenvalue weighted by Gasteiger charge is 2.67. The Labute approximate surface area is 185 Å². The van der Waals surface area contributed by atoms with Crippen LogP contribution < -0.4 is 0 Å². The van der Waals surface area contributed by atoms with E-state index in [4.69, 9.17) is 4.74 Å². The molecule has 0 aromatic carbocycles. The van der Waals surface area contributed by atoms with Crippen LogP contribution in [0.15, 0.2) is 23.8 Å². The van der Waals surface area contributed by atoms with Gasteiger partial charge in [-0.05, 0) is 77.4 Å². The quantitative estimate of drug-likeness (QED) is 0.539. The lowest BCUT2D eigenvalue weighted by Crippen LogP contribution is -2.61. The maximum Gasteiger partial charge on any atom is 0.311 e. The summed E-state index contributed by atoms with van der Waals surface area (Å²) in [7, 11) is 0. The number of hydrogen-bond acceptors (Lipinski definition) is 5. The van der Waals surface area contributed by atoms with Gasteiger partial charge in [-0.25, -0.2) is 0 Å². The number of rotatable bonds is 3. The van der Waals surface area contributed by atoms with Gasteiger partial charge >= 0.3 is 5.97 Å². The van der Waals surface area contributed by atoms with Crippen molar-refractivity contribution in [3.05, 3.63) is 23.8 Å². The van der Waals surface area contributed by atoms with Crippen LogP contribution in [0.1, 0.15) is 73.1 Å². The monoisotopic (exact) mass is 428 g/mol. The Morgan fingerprint density at radius 1 is 1.26 bits per heavy atom. The average Bonchev–Trinajstić information content (AvgIpc) is 2.98. The Morgan fingerprint density at radius 3 is 2.61 bits per heavy atom. The molecule has 2 saturated carbocycles. The largest absolute Gasteiger partial charge is 0.462 e. The van der Waals surface area contributed by atoms with Gasteiger partial charge in [0.1, 0.15) is 12.4 Å². The van der Waals surface area contributed by atoms with Gasteiger partial charge in [0.25, 0.3) is 0 Å². The summed E-state index contributed by atoms with van der Waals surface area (Å²) in [5.74, 6) is -0.219. The number of hydrogen-bond donors (Lipinski definition) is 1. The lowest BCUT2D eigenvalue weighted by atomic mass is 9.46. The molecular weight excluding hydrogens is 392 g/mol. The normalized spacial score (nSPS) is 42.7. The summed E-state index contributed by atoms with van der Waals surface area (Å²) >= 11 is 0. The molecule has 0 saturated heterocycles. The second kappa shape index (κ2) is 7.13. The lowest BCUT2D eigenvalue weighted by molar-refractivity contribution is -0.183. The number of allylic oxidation sites excluding steroid dienone is 3. The van der Waals surface area contributed by atoms with Crippen molar-refractivity contribution < 1.29 is 24.2 Å². The fourth-order valence-electron chi connectivity index (χ4n) is 7.15. The third kappa shape index (κ3) is 3.10. The van der Waals surface area contributed by atoms with Gasteiger partial charge in [0.05, 0.1) is 16.4 Å². The van der Waals surface area contributed by atoms with E-state index in [1.165, 1.54) is 0 Å². The third-order valence-corrected chi connectivity index (χ3v) is 9.07. The summed E-state index contributed by atoms with van der Waals surface area (Å²) in [6, 6.07) is 0. The number of aliphatic hydroxyl groups is 1. The molecule has 1 N–H and O–H groups in total. The minimum Gasteiger partial charge on any atom is -0.462 e. The SMILES string of the molecule is C[C@H](OC(=O)C(C)(C)C)[C@H]1CC[C@@]2(O)[C@H]3C=CC4=CC(=O)CC[C@]4(C=O)[C@H]3CC[C@]12C. The number of ether oxygens (including phenoxy) is 1. The van der Waals surface area contributed by atoms with E-state index in [9.17, 15) is 19.5 Å². The fourth-order valence-corrected chi connectivity index (χ4v) is 7.15. The van der Waals surface area contributed by atoms with E-state index in [0.29, 0.717) is 19.3 Å². The molecule has 5 nitrogen and oxygen atoms in total. The molecule has 4 aliphatic carbocycles. The van der Waals surface area contributed by atoms with Gasteiger partial charge in [0.2, 0.25) is 0 Å². The van der Waals surface area contributed by atoms with Crippen molar-refractivity contribution >= 4 is 18.0 Å². The van der Waals surface area contributed by atoms with E-state index in [-0.39, 0.29) is 35.6 Å². The second-order valence-corrected chi connectivity index (χ2v) is 11.6. The minimum atomic E-state index is -0.956. The number of carbonyl (C=O) groups excluding carboxylic acids is 3. The van der Waals surface area contributed by atoms with E-state index >= 15 is 0 Å². The Hall–Kier alpha value is -1.75. The summed E-state index contributed by atoms with van der Waals surface area (Å²) < 4.78 is 5.86. The molecule has 0 aromatic heterocycles. The molecule has 170 valence electrons. The molecule has 31 heavy (non-hydrogen) atoms. The van der Waals surface area contributed by atoms with Crippen LogP contribution in [0.5, 0.6) is 0 Å². The standard InChI is InChI=1S/C26H36O5/c1-16(31-22(29)23(2,3)4)19-10-13-26(30)21-7-6-17-14-18(28)8-12-25(17,15-27)20(21)9-11-24(19,26)5/h6-7,14-16,19-21,30H,8-13H2,1-5H3/t16-,19+,20-,21-,24+,25+,26+/m0/s1. The van der Waals surface area contributed by atoms with Gasteiger partial charge in [-0.3, -0.25) is 9.59 Å². The van der Waals surface area contributed by atoms with Crippen LogP contribution in [0.25, 0.3) is 0 Å². The zero-order chi connectivity index (χ0) is 22.8. The van der Waals surface area contributed by atoms with Crippen molar-refractivity contribution in [2.24, 2.45) is 34.0 Å². The van der Waals surface area contributed by atoms with Crippen LogP contribution in [0, 0.1) is 34.0 Å². The van der Waals surface area contributed by atoms with Crippen LogP contribution in [0.2, 0.25) is 0 Å². The maximum atomic E-state index is 12.5. The summed E-state index contributed by atoms with van der Waals surface area (Å²) in [6.45, 7) is 9.65. The maximum absolute atomic E-state index is 12.5. The molecule has 0 amide bonds. The van der Waals surface area contributed by atoms with Crippen LogP contribution in [0.3, 0.4) is 0 Å². The molecule has 0 spiro atoms. The fraction of sp³-hybridized carbons (Fsp3) is 0.731. The van der Waals surface area contributed by atoms with Crippen molar-refractivity contribution in [1.82, 2.24) is 0 Å². The number of aldehydes is 1. The number of esters is 1. The second-order valence-electron chi connectivity index (χ2n) is 11.6. The zero-order valence-corrected chi connectivity index (χ0v) is 19.4. The van der Waals surface area contributed by atoms with E-state index in [2.05, 4.69) is 6.92 Å². The molecule has 5 heteroatoms. The summed E-state index contributed by atoms with van der Waals surface area (Å²) in [6.07, 6.45) is 10.3. The molecule has 0 aromatic rings. The smallest absolute Gasteiger partial charge is 0.311 e. The molecule has 0 unspecified atom stereocenters. The Balaban J connectivity index is 1.66. The average molecular weight is 429 g/mol. The summed E-state index contributed by atoms with van der Waals surface area (Å²) in [5, 5.41) is 12.1. The minimum absolute atomic E-state index is 0.00129. The van der Waals surface area contributed by atoms with Gasteiger partial charge in [-0.2, -0.15) is 0 Å². The Morgan fingerprint density at radius 2 is 1.97 bits per heavy atom. The first-order valence-electron chi connectivity index (χ1n) is 11.7. The highest BCUT2D eigenvalue weighted by Crippen LogP contribution is 2.67. The van der Waals surface area contributed by atoms with E-state index in [1.807, 2.05) is 39.8 Å². The number of ketones is 1. The first kappa shape index (κ1) is 22.4. The molecule has 0 aliphatic heterocycles. The van der Waals surface area contributed by atoms with Gasteiger partial charge in [0.15, 0.2) is 5.78 Å². The van der Waals surface area contributed by atoms with E-state index < -0.39 is 21.8 Å². The van der Waals surface area contributed by atoms with Gasteiger partial charge in [-0.15, -0.1) is 0 Å². The molecule has 4 rings (SSSR count). The lowest BCUT2D eigenvalue weighted by Gasteiger charge is -2.59. The van der Waals surface area contributed by atoms with Crippen molar-refractivity contribution in [2.75, 3.05) is 0 Å². The molecule has 4 aliphatic rings. The first-order valence-corrected chi connectivity index (χ1v) is 11.7. The Kier molecular flexibility index (Phi) is 5.16. The molecular formula is C26H36O5. The highest BCUT2D eigenvalue weighted by molar-refractivity contribution is 5.94. The molecule has 0 bridgehead atoms. The van der Waals surface area contributed by atoms with Crippen LogP contribution in [0.4, 0.5) is 0 Å². The molecule has 2 fully saturated rings. The molecule has 0 heterocycles. The van der Waals surface area contributed by atoms with Gasteiger partial charge < -0.3 is 14.6 Å². The predicted molar refractivity (Wildman–Crippen MR) is 117 cm³/mol. The topological polar surface area (TPSA) is 80.7 Å². The first-order chi connectivity index (χ1) is 14.4. The van der Waals surface area contributed by atoms with Crippen molar-refractivity contribution in [1.29, 1.82) is 0 Å². The van der Waals surface area contributed by atoms with E-state index in [1.54, 1.807) is 6.08 Å². The van der Waals surface area contributed by atoms with Crippen LogP contribution >= 0.6 is 0 Å². The molecule has 0 radical (unpaired) electrons. The summed E-state index contributed by atoms with van der Waals surface area (Å²) in [4.78, 5) is 36.9. The zero-order valence-electron chi connectivity index (χ0n) is 19.4. The van der Waals surface area contributed by atoms with Crippen molar-refractivity contribution in [2.45, 2.75) is 84.8 Å². The number of fused-ring (bicyclic) bond motifs is 5. The molecule has 7 atom stereocenters. The van der Waals surface area contributed by atoms with Gasteiger partial charge in [0, 0.05) is 23.7 Å². The van der Waals surface area contributed by atoms with Crippen molar-refractivity contribution in [3.8, 4) is 0 Å². The third-order valence-electron chi connectivity index (χ3n) is 9.07. The predicted octanol–water partition coefficient (Wildman–Crippen LogP) is 4.18. The Bertz CT molecular complexity index is 864. The summed E-state index contributed by atoms with van der Waals surface area (Å²) in [5.41, 5.74) is -1.78.